The maximum Gasteiger partial charge on any atom is 0.198 e. The first kappa shape index (κ1) is 12.7. The van der Waals surface area contributed by atoms with Crippen LogP contribution in [-0.4, -0.2) is 23.1 Å². The Kier molecular flexibility index (Phi) is 5.60. The van der Waals surface area contributed by atoms with Gasteiger partial charge in [0.05, 0.1) is 0 Å². The lowest BCUT2D eigenvalue weighted by atomic mass is 10.1. The second-order valence-electron chi connectivity index (χ2n) is 3.25. The summed E-state index contributed by atoms with van der Waals surface area (Å²) in [6.45, 7) is 2.74. The minimum atomic E-state index is -0.554. The highest BCUT2D eigenvalue weighted by molar-refractivity contribution is 6.37. The molecule has 0 saturated heterocycles. The van der Waals surface area contributed by atoms with Crippen LogP contribution in [0.25, 0.3) is 0 Å². The van der Waals surface area contributed by atoms with Gasteiger partial charge in [-0.3, -0.25) is 9.59 Å². The van der Waals surface area contributed by atoms with Gasteiger partial charge in [-0.25, -0.2) is 0 Å². The van der Waals surface area contributed by atoms with E-state index in [1.807, 2.05) is 0 Å². The fraction of sp³-hybridized carbons (Fsp3) is 0.600. The molecule has 4 nitrogen and oxygen atoms in total. The van der Waals surface area contributed by atoms with Crippen molar-refractivity contribution >= 4 is 23.1 Å². The zero-order valence-corrected chi connectivity index (χ0v) is 8.46. The summed E-state index contributed by atoms with van der Waals surface area (Å²) < 4.78 is 0. The third-order valence-electron chi connectivity index (χ3n) is 1.72. The summed E-state index contributed by atoms with van der Waals surface area (Å²) in [5.41, 5.74) is 0. The highest BCUT2D eigenvalue weighted by atomic mass is 16.2. The molecule has 0 unspecified atom stereocenters. The first-order valence-corrected chi connectivity index (χ1v) is 4.48. The Morgan fingerprint density at radius 3 is 1.14 bits per heavy atom. The Labute approximate surface area is 82.7 Å². The average molecular weight is 198 g/mol. The van der Waals surface area contributed by atoms with Crippen LogP contribution < -0.4 is 0 Å². The summed E-state index contributed by atoms with van der Waals surface area (Å²) in [4.78, 5) is 43.1. The van der Waals surface area contributed by atoms with E-state index >= 15 is 0 Å². The molecule has 0 spiro atoms. The van der Waals surface area contributed by atoms with E-state index in [1.165, 1.54) is 13.8 Å². The Balaban J connectivity index is 3.82. The summed E-state index contributed by atoms with van der Waals surface area (Å²) in [5, 5.41) is 0. The van der Waals surface area contributed by atoms with Crippen LogP contribution >= 0.6 is 0 Å². The monoisotopic (exact) mass is 198 g/mol. The number of rotatable bonds is 7. The van der Waals surface area contributed by atoms with Crippen molar-refractivity contribution in [3.05, 3.63) is 0 Å². The molecule has 4 heteroatoms. The van der Waals surface area contributed by atoms with Gasteiger partial charge in [-0.1, -0.05) is 0 Å². The van der Waals surface area contributed by atoms with Gasteiger partial charge in [0.1, 0.15) is 11.6 Å². The van der Waals surface area contributed by atoms with E-state index in [2.05, 4.69) is 0 Å². The number of hydrogen-bond acceptors (Lipinski definition) is 4. The van der Waals surface area contributed by atoms with E-state index < -0.39 is 11.6 Å². The van der Waals surface area contributed by atoms with Crippen molar-refractivity contribution in [1.29, 1.82) is 0 Å². The second kappa shape index (κ2) is 6.18. The molecule has 0 heterocycles. The molecule has 0 rings (SSSR count). The topological polar surface area (TPSA) is 68.3 Å². The number of ketones is 4. The maximum atomic E-state index is 11.0. The normalized spacial score (nSPS) is 9.57. The van der Waals surface area contributed by atoms with E-state index in [0.717, 1.165) is 0 Å². The van der Waals surface area contributed by atoms with Crippen LogP contribution in [0.15, 0.2) is 0 Å². The number of carbonyl (C=O) groups excluding carboxylic acids is 4. The van der Waals surface area contributed by atoms with Crippen LogP contribution in [0.4, 0.5) is 0 Å². The Bertz CT molecular complexity index is 237. The van der Waals surface area contributed by atoms with Crippen LogP contribution in [0.2, 0.25) is 0 Å². The van der Waals surface area contributed by atoms with Crippen molar-refractivity contribution < 1.29 is 19.2 Å². The van der Waals surface area contributed by atoms with E-state index in [1.54, 1.807) is 0 Å². The highest BCUT2D eigenvalue weighted by Crippen LogP contribution is 1.99. The molecule has 0 atom stereocenters. The summed E-state index contributed by atoms with van der Waals surface area (Å²) in [6.07, 6.45) is 0.132. The Morgan fingerprint density at radius 2 is 0.929 bits per heavy atom. The Morgan fingerprint density at radius 1 is 0.643 bits per heavy atom. The minimum Gasteiger partial charge on any atom is -0.300 e. The molecular weight excluding hydrogens is 184 g/mol. The van der Waals surface area contributed by atoms with Crippen LogP contribution in [0.1, 0.15) is 39.5 Å². The molecule has 0 amide bonds. The number of Topliss-reactive ketones (excluding diaryl/α,β-unsaturated/α-hetero) is 4. The van der Waals surface area contributed by atoms with Gasteiger partial charge >= 0.3 is 0 Å². The maximum absolute atomic E-state index is 11.0. The van der Waals surface area contributed by atoms with Gasteiger partial charge in [0.25, 0.3) is 0 Å². The average Bonchev–Trinajstić information content (AvgIpc) is 2.09. The lowest BCUT2D eigenvalue weighted by molar-refractivity contribution is -0.137. The first-order chi connectivity index (χ1) is 6.43. The predicted octanol–water partition coefficient (Wildman–Crippen LogP) is 0.863. The SMILES string of the molecule is CC(=O)CCC(=O)C(=O)CCC(C)=O. The molecule has 14 heavy (non-hydrogen) atoms. The fourth-order valence-electron chi connectivity index (χ4n) is 0.858. The molecule has 0 saturated carbocycles. The highest BCUT2D eigenvalue weighted by Gasteiger charge is 2.14. The van der Waals surface area contributed by atoms with Crippen molar-refractivity contribution in [2.24, 2.45) is 0 Å². The zero-order chi connectivity index (χ0) is 11.1. The summed E-state index contributed by atoms with van der Waals surface area (Å²) in [5.74, 6) is -1.33. The molecule has 0 aliphatic heterocycles. The molecule has 0 radical (unpaired) electrons. The molecule has 0 N–H and O–H groups in total. The number of carbonyl (C=O) groups is 4. The van der Waals surface area contributed by atoms with Gasteiger partial charge in [-0.05, 0) is 13.8 Å². The molecule has 0 aromatic carbocycles. The predicted molar refractivity (Wildman–Crippen MR) is 49.8 cm³/mol. The molecule has 0 bridgehead atoms. The van der Waals surface area contributed by atoms with E-state index in [-0.39, 0.29) is 37.2 Å². The molecule has 0 aliphatic carbocycles. The lowest BCUT2D eigenvalue weighted by Crippen LogP contribution is -2.15. The minimum absolute atomic E-state index is 0.0356. The van der Waals surface area contributed by atoms with Crippen molar-refractivity contribution in [2.75, 3.05) is 0 Å². The van der Waals surface area contributed by atoms with Crippen molar-refractivity contribution in [1.82, 2.24) is 0 Å². The molecular formula is C10H14O4. The van der Waals surface area contributed by atoms with E-state index in [4.69, 9.17) is 0 Å². The van der Waals surface area contributed by atoms with Crippen molar-refractivity contribution in [3.63, 3.8) is 0 Å². The molecule has 0 aromatic heterocycles. The fourth-order valence-corrected chi connectivity index (χ4v) is 0.858. The van der Waals surface area contributed by atoms with Gasteiger partial charge in [0.2, 0.25) is 0 Å². The van der Waals surface area contributed by atoms with Gasteiger partial charge < -0.3 is 9.59 Å². The van der Waals surface area contributed by atoms with Gasteiger partial charge in [0.15, 0.2) is 11.6 Å². The van der Waals surface area contributed by atoms with Crippen LogP contribution in [0, 0.1) is 0 Å². The molecule has 0 aliphatic rings. The first-order valence-electron chi connectivity index (χ1n) is 4.48. The van der Waals surface area contributed by atoms with E-state index in [9.17, 15) is 19.2 Å². The van der Waals surface area contributed by atoms with Crippen LogP contribution in [0.3, 0.4) is 0 Å². The molecule has 78 valence electrons. The van der Waals surface area contributed by atoms with Gasteiger partial charge in [0, 0.05) is 25.7 Å². The molecule has 0 aromatic rings. The quantitative estimate of drug-likeness (QED) is 0.569. The third-order valence-corrected chi connectivity index (χ3v) is 1.72. The van der Waals surface area contributed by atoms with Crippen molar-refractivity contribution in [3.8, 4) is 0 Å². The Hall–Kier alpha value is -1.32. The zero-order valence-electron chi connectivity index (χ0n) is 8.46. The third kappa shape index (κ3) is 6.22. The van der Waals surface area contributed by atoms with E-state index in [0.29, 0.717) is 0 Å². The van der Waals surface area contributed by atoms with Crippen LogP contribution in [0.5, 0.6) is 0 Å². The summed E-state index contributed by atoms with van der Waals surface area (Å²) >= 11 is 0. The summed E-state index contributed by atoms with van der Waals surface area (Å²) in [6, 6.07) is 0. The largest absolute Gasteiger partial charge is 0.300 e. The second-order valence-corrected chi connectivity index (χ2v) is 3.25. The van der Waals surface area contributed by atoms with Crippen LogP contribution in [-0.2, 0) is 19.2 Å². The smallest absolute Gasteiger partial charge is 0.198 e. The summed E-state index contributed by atoms with van der Waals surface area (Å²) in [7, 11) is 0. The molecule has 0 fully saturated rings. The van der Waals surface area contributed by atoms with Gasteiger partial charge in [-0.2, -0.15) is 0 Å². The lowest BCUT2D eigenvalue weighted by Gasteiger charge is -1.97. The van der Waals surface area contributed by atoms with Gasteiger partial charge in [-0.15, -0.1) is 0 Å². The standard InChI is InChI=1S/C10H14O4/c1-7(11)3-5-9(13)10(14)6-4-8(2)12/h3-6H2,1-2H3. The number of hydrogen-bond donors (Lipinski definition) is 0. The van der Waals surface area contributed by atoms with Crippen molar-refractivity contribution in [2.45, 2.75) is 39.5 Å².